The second kappa shape index (κ2) is 8.05. The molecule has 25 heavy (non-hydrogen) atoms. The Morgan fingerprint density at radius 1 is 1.20 bits per heavy atom. The highest BCUT2D eigenvalue weighted by Gasteiger charge is 2.13. The Morgan fingerprint density at radius 3 is 2.56 bits per heavy atom. The first-order chi connectivity index (χ1) is 11.7. The molecule has 2 aromatic rings. The van der Waals surface area contributed by atoms with Crippen molar-refractivity contribution < 1.29 is 13.2 Å². The third-order valence-corrected chi connectivity index (χ3v) is 4.99. The van der Waals surface area contributed by atoms with E-state index in [2.05, 4.69) is 10.6 Å². The number of halogens is 2. The molecule has 2 aromatic carbocycles. The second-order valence-corrected chi connectivity index (χ2v) is 7.81. The van der Waals surface area contributed by atoms with Crippen LogP contribution in [0.1, 0.15) is 24.1 Å². The fraction of sp³-hybridized carbons (Fsp3) is 0.188. The molecule has 0 aromatic heterocycles. The minimum atomic E-state index is -3.80. The van der Waals surface area contributed by atoms with Crippen LogP contribution in [0.15, 0.2) is 47.4 Å². The topological polar surface area (TPSA) is 101 Å². The molecule has 4 N–H and O–H groups in total. The van der Waals surface area contributed by atoms with E-state index in [0.29, 0.717) is 15.6 Å². The van der Waals surface area contributed by atoms with E-state index >= 15 is 0 Å². The quantitative estimate of drug-likeness (QED) is 0.716. The number of carbonyl (C=O) groups is 1. The number of hydrogen-bond donors (Lipinski definition) is 3. The number of nitrogens with two attached hydrogens (primary N) is 1. The third-order valence-electron chi connectivity index (χ3n) is 3.49. The van der Waals surface area contributed by atoms with Gasteiger partial charge in [-0.3, -0.25) is 0 Å². The Kier molecular flexibility index (Phi) is 6.29. The lowest BCUT2D eigenvalue weighted by molar-refractivity contribution is 0.237. The SMILES string of the molecule is CC(NC(=O)NCc1ccc(Cl)cc1Cl)c1cccc(S(N)(=O)=O)c1. The fourth-order valence-electron chi connectivity index (χ4n) is 2.13. The van der Waals surface area contributed by atoms with Gasteiger partial charge in [-0.2, -0.15) is 0 Å². The molecular weight excluding hydrogens is 385 g/mol. The first kappa shape index (κ1) is 19.5. The maximum Gasteiger partial charge on any atom is 0.315 e. The smallest absolute Gasteiger partial charge is 0.315 e. The summed E-state index contributed by atoms with van der Waals surface area (Å²) in [4.78, 5) is 12.0. The predicted octanol–water partition coefficient (Wildman–Crippen LogP) is 3.20. The number of benzene rings is 2. The first-order valence-electron chi connectivity index (χ1n) is 7.28. The molecule has 9 heteroatoms. The zero-order chi connectivity index (χ0) is 18.6. The summed E-state index contributed by atoms with van der Waals surface area (Å²) in [5.41, 5.74) is 1.34. The van der Waals surface area contributed by atoms with Gasteiger partial charge in [0.1, 0.15) is 0 Å². The Bertz CT molecular complexity index is 888. The maximum atomic E-state index is 12.0. The van der Waals surface area contributed by atoms with Crippen LogP contribution in [0.5, 0.6) is 0 Å². The lowest BCUT2D eigenvalue weighted by Crippen LogP contribution is -2.36. The number of primary sulfonamides is 1. The van der Waals surface area contributed by atoms with Crippen LogP contribution < -0.4 is 15.8 Å². The van der Waals surface area contributed by atoms with Crippen molar-refractivity contribution in [2.75, 3.05) is 0 Å². The van der Waals surface area contributed by atoms with E-state index in [4.69, 9.17) is 28.3 Å². The minimum absolute atomic E-state index is 0.00740. The van der Waals surface area contributed by atoms with E-state index in [1.807, 2.05) is 0 Å². The number of amides is 2. The van der Waals surface area contributed by atoms with Gasteiger partial charge >= 0.3 is 6.03 Å². The van der Waals surface area contributed by atoms with Gasteiger partial charge in [-0.1, -0.05) is 41.4 Å². The molecule has 0 bridgehead atoms. The molecule has 134 valence electrons. The van der Waals surface area contributed by atoms with Crippen LogP contribution >= 0.6 is 23.2 Å². The molecule has 0 aliphatic carbocycles. The van der Waals surface area contributed by atoms with Gasteiger partial charge in [0.2, 0.25) is 10.0 Å². The van der Waals surface area contributed by atoms with Crippen molar-refractivity contribution in [1.82, 2.24) is 10.6 Å². The number of carbonyl (C=O) groups excluding carboxylic acids is 1. The summed E-state index contributed by atoms with van der Waals surface area (Å²) in [7, 11) is -3.80. The minimum Gasteiger partial charge on any atom is -0.334 e. The maximum absolute atomic E-state index is 12.0. The zero-order valence-electron chi connectivity index (χ0n) is 13.3. The lowest BCUT2D eigenvalue weighted by atomic mass is 10.1. The van der Waals surface area contributed by atoms with Crippen LogP contribution in [0.3, 0.4) is 0 Å². The molecule has 0 aliphatic rings. The monoisotopic (exact) mass is 401 g/mol. The predicted molar refractivity (Wildman–Crippen MR) is 98.1 cm³/mol. The van der Waals surface area contributed by atoms with Crippen molar-refractivity contribution in [1.29, 1.82) is 0 Å². The molecular formula is C16H17Cl2N3O3S. The number of nitrogens with one attached hydrogen (secondary N) is 2. The molecule has 1 unspecified atom stereocenters. The molecule has 2 rings (SSSR count). The summed E-state index contributed by atoms with van der Waals surface area (Å²) in [6.45, 7) is 1.96. The van der Waals surface area contributed by atoms with E-state index in [-0.39, 0.29) is 11.4 Å². The van der Waals surface area contributed by atoms with Gasteiger partial charge in [0.05, 0.1) is 10.9 Å². The van der Waals surface area contributed by atoms with Gasteiger partial charge in [-0.05, 0) is 42.3 Å². The lowest BCUT2D eigenvalue weighted by Gasteiger charge is -2.16. The van der Waals surface area contributed by atoms with Gasteiger partial charge in [0.25, 0.3) is 0 Å². The van der Waals surface area contributed by atoms with Gasteiger partial charge in [-0.15, -0.1) is 0 Å². The summed E-state index contributed by atoms with van der Waals surface area (Å²) in [6.07, 6.45) is 0. The highest BCUT2D eigenvalue weighted by molar-refractivity contribution is 7.89. The molecule has 0 radical (unpaired) electrons. The van der Waals surface area contributed by atoms with Crippen LogP contribution in [0.25, 0.3) is 0 Å². The van der Waals surface area contributed by atoms with Crippen molar-refractivity contribution in [3.8, 4) is 0 Å². The van der Waals surface area contributed by atoms with Crippen molar-refractivity contribution in [2.45, 2.75) is 24.4 Å². The summed E-state index contributed by atoms with van der Waals surface area (Å²) in [6, 6.07) is 10.3. The molecule has 0 fully saturated rings. The van der Waals surface area contributed by atoms with Crippen molar-refractivity contribution in [3.05, 3.63) is 63.6 Å². The van der Waals surface area contributed by atoms with E-state index in [9.17, 15) is 13.2 Å². The van der Waals surface area contributed by atoms with Crippen molar-refractivity contribution >= 4 is 39.3 Å². The molecule has 0 heterocycles. The van der Waals surface area contributed by atoms with E-state index in [1.165, 1.54) is 12.1 Å². The Morgan fingerprint density at radius 2 is 1.92 bits per heavy atom. The molecule has 0 saturated carbocycles. The molecule has 0 aliphatic heterocycles. The Hall–Kier alpha value is -1.80. The number of rotatable bonds is 5. The summed E-state index contributed by atoms with van der Waals surface area (Å²) in [5, 5.41) is 11.5. The number of hydrogen-bond acceptors (Lipinski definition) is 3. The van der Waals surface area contributed by atoms with Gasteiger partial charge in [0.15, 0.2) is 0 Å². The van der Waals surface area contributed by atoms with E-state index in [0.717, 1.165) is 5.56 Å². The van der Waals surface area contributed by atoms with E-state index in [1.54, 1.807) is 37.3 Å². The highest BCUT2D eigenvalue weighted by atomic mass is 35.5. The first-order valence-corrected chi connectivity index (χ1v) is 9.58. The molecule has 0 saturated heterocycles. The molecule has 0 spiro atoms. The van der Waals surface area contributed by atoms with Crippen LogP contribution in [0.2, 0.25) is 10.0 Å². The summed E-state index contributed by atoms with van der Waals surface area (Å²) < 4.78 is 22.8. The van der Waals surface area contributed by atoms with Gasteiger partial charge in [-0.25, -0.2) is 18.4 Å². The molecule has 2 amide bonds. The largest absolute Gasteiger partial charge is 0.334 e. The highest BCUT2D eigenvalue weighted by Crippen LogP contribution is 2.21. The van der Waals surface area contributed by atoms with Crippen LogP contribution in [0, 0.1) is 0 Å². The zero-order valence-corrected chi connectivity index (χ0v) is 15.6. The van der Waals surface area contributed by atoms with Gasteiger partial charge < -0.3 is 10.6 Å². The average molecular weight is 402 g/mol. The van der Waals surface area contributed by atoms with Crippen LogP contribution in [-0.2, 0) is 16.6 Å². The number of sulfonamides is 1. The Labute approximate surface area is 156 Å². The average Bonchev–Trinajstić information content (AvgIpc) is 2.53. The van der Waals surface area contributed by atoms with Crippen molar-refractivity contribution in [3.63, 3.8) is 0 Å². The third kappa shape index (κ3) is 5.61. The molecule has 6 nitrogen and oxygen atoms in total. The fourth-order valence-corrected chi connectivity index (χ4v) is 3.18. The van der Waals surface area contributed by atoms with Gasteiger partial charge in [0, 0.05) is 16.6 Å². The van der Waals surface area contributed by atoms with Crippen LogP contribution in [0.4, 0.5) is 4.79 Å². The van der Waals surface area contributed by atoms with E-state index < -0.39 is 22.1 Å². The standard InChI is InChI=1S/C16H17Cl2N3O3S/c1-10(11-3-2-4-14(7-11)25(19,23)24)21-16(22)20-9-12-5-6-13(17)8-15(12)18/h2-8,10H,9H2,1H3,(H2,19,23,24)(H2,20,21,22). The van der Waals surface area contributed by atoms with Crippen LogP contribution in [-0.4, -0.2) is 14.4 Å². The van der Waals surface area contributed by atoms with Crippen molar-refractivity contribution in [2.24, 2.45) is 5.14 Å². The second-order valence-electron chi connectivity index (χ2n) is 5.40. The summed E-state index contributed by atoms with van der Waals surface area (Å²) >= 11 is 11.9. The molecule has 1 atom stereocenters. The Balaban J connectivity index is 1.98. The number of urea groups is 1. The normalized spacial score (nSPS) is 12.5. The summed E-state index contributed by atoms with van der Waals surface area (Å²) in [5.74, 6) is 0.